The van der Waals surface area contributed by atoms with Gasteiger partial charge in [-0.25, -0.2) is 18.0 Å². The number of nitro benzene ring substituents is 1. The maximum Gasteiger partial charge on any atom is 0.339 e. The molecule has 2 N–H and O–H groups in total. The number of urea groups is 1. The monoisotopic (exact) mass is 387 g/mol. The molecular formula is C14H17N3O8S. The van der Waals surface area contributed by atoms with Gasteiger partial charge in [0.15, 0.2) is 15.9 Å². The van der Waals surface area contributed by atoms with Crippen LogP contribution in [0, 0.1) is 10.1 Å². The van der Waals surface area contributed by atoms with E-state index >= 15 is 0 Å². The van der Waals surface area contributed by atoms with Gasteiger partial charge >= 0.3 is 12.0 Å². The standard InChI is InChI=1S/C14H17N3O8S/c1-4-15-14(20)16-12(18)8(2)25-13(19)9-5-6-11(26(3,23)24)10(7-9)17(21)22/h5-8H,4H2,1-3H3,(H2,15,16,18,20)/t8-/m0/s1. The molecule has 1 rings (SSSR count). The molecule has 0 bridgehead atoms. The van der Waals surface area contributed by atoms with Crippen LogP contribution in [-0.4, -0.2) is 50.2 Å². The average Bonchev–Trinajstić information content (AvgIpc) is 2.53. The van der Waals surface area contributed by atoms with E-state index in [1.807, 2.05) is 5.32 Å². The van der Waals surface area contributed by atoms with Gasteiger partial charge in [0.2, 0.25) is 0 Å². The van der Waals surface area contributed by atoms with Crippen LogP contribution in [-0.2, 0) is 19.4 Å². The zero-order chi connectivity index (χ0) is 20.1. The molecule has 0 saturated carbocycles. The molecular weight excluding hydrogens is 370 g/mol. The van der Waals surface area contributed by atoms with E-state index in [1.54, 1.807) is 6.92 Å². The number of rotatable bonds is 6. The van der Waals surface area contributed by atoms with Gasteiger partial charge in [0.1, 0.15) is 4.90 Å². The predicted octanol–water partition coefficient (Wildman–Crippen LogP) is 0.389. The Kier molecular flexibility index (Phi) is 6.78. The Hall–Kier alpha value is -3.02. The van der Waals surface area contributed by atoms with Crippen LogP contribution in [0.2, 0.25) is 0 Å². The van der Waals surface area contributed by atoms with Crippen molar-refractivity contribution in [1.82, 2.24) is 10.6 Å². The van der Waals surface area contributed by atoms with Crippen molar-refractivity contribution in [3.63, 3.8) is 0 Å². The van der Waals surface area contributed by atoms with E-state index in [0.29, 0.717) is 0 Å². The van der Waals surface area contributed by atoms with Gasteiger partial charge in [-0.05, 0) is 26.0 Å². The first-order valence-corrected chi connectivity index (χ1v) is 9.14. The number of sulfone groups is 1. The van der Waals surface area contributed by atoms with Gasteiger partial charge in [0, 0.05) is 18.9 Å². The van der Waals surface area contributed by atoms with E-state index in [2.05, 4.69) is 5.32 Å². The van der Waals surface area contributed by atoms with Crippen molar-refractivity contribution >= 4 is 33.4 Å². The molecule has 142 valence electrons. The van der Waals surface area contributed by atoms with E-state index in [4.69, 9.17) is 4.74 Å². The number of amides is 3. The lowest BCUT2D eigenvalue weighted by Crippen LogP contribution is -2.44. The normalized spacial score (nSPS) is 12.0. The lowest BCUT2D eigenvalue weighted by molar-refractivity contribution is -0.387. The summed E-state index contributed by atoms with van der Waals surface area (Å²) in [7, 11) is -3.88. The van der Waals surface area contributed by atoms with Crippen molar-refractivity contribution in [2.24, 2.45) is 0 Å². The molecule has 1 aromatic carbocycles. The molecule has 12 heteroatoms. The number of nitrogens with one attached hydrogen (secondary N) is 2. The highest BCUT2D eigenvalue weighted by Gasteiger charge is 2.26. The quantitative estimate of drug-likeness (QED) is 0.402. The van der Waals surface area contributed by atoms with E-state index < -0.39 is 49.4 Å². The third kappa shape index (κ3) is 5.51. The highest BCUT2D eigenvalue weighted by Crippen LogP contribution is 2.25. The maximum atomic E-state index is 12.0. The molecule has 26 heavy (non-hydrogen) atoms. The minimum absolute atomic E-state index is 0.281. The number of carbonyl (C=O) groups is 3. The zero-order valence-corrected chi connectivity index (χ0v) is 15.0. The predicted molar refractivity (Wildman–Crippen MR) is 88.3 cm³/mol. The number of benzene rings is 1. The van der Waals surface area contributed by atoms with Crippen LogP contribution < -0.4 is 10.6 Å². The van der Waals surface area contributed by atoms with Crippen LogP contribution in [0.15, 0.2) is 23.1 Å². The van der Waals surface area contributed by atoms with E-state index in [0.717, 1.165) is 24.5 Å². The largest absolute Gasteiger partial charge is 0.449 e. The average molecular weight is 387 g/mol. The summed E-state index contributed by atoms with van der Waals surface area (Å²) in [4.78, 5) is 44.5. The SMILES string of the molecule is CCNC(=O)NC(=O)[C@H](C)OC(=O)c1ccc(S(C)(=O)=O)c([N+](=O)[O-])c1. The maximum absolute atomic E-state index is 12.0. The molecule has 0 aliphatic rings. The third-order valence-electron chi connectivity index (χ3n) is 3.02. The van der Waals surface area contributed by atoms with Crippen molar-refractivity contribution < 1.29 is 32.5 Å². The molecule has 0 unspecified atom stereocenters. The fourth-order valence-electron chi connectivity index (χ4n) is 1.80. The minimum Gasteiger partial charge on any atom is -0.449 e. The fourth-order valence-corrected chi connectivity index (χ4v) is 2.63. The van der Waals surface area contributed by atoms with Crippen LogP contribution >= 0.6 is 0 Å². The van der Waals surface area contributed by atoms with Crippen molar-refractivity contribution in [2.45, 2.75) is 24.8 Å². The minimum atomic E-state index is -3.88. The second kappa shape index (κ2) is 8.38. The number of imide groups is 1. The molecule has 1 aromatic rings. The van der Waals surface area contributed by atoms with Gasteiger partial charge < -0.3 is 10.1 Å². The third-order valence-corrected chi connectivity index (χ3v) is 4.16. The van der Waals surface area contributed by atoms with E-state index in [-0.39, 0.29) is 12.1 Å². The fraction of sp³-hybridized carbons (Fsp3) is 0.357. The molecule has 0 spiro atoms. The Balaban J connectivity index is 2.97. The lowest BCUT2D eigenvalue weighted by Gasteiger charge is -2.13. The number of nitro groups is 1. The highest BCUT2D eigenvalue weighted by molar-refractivity contribution is 7.90. The first-order chi connectivity index (χ1) is 12.0. The number of hydrogen-bond donors (Lipinski definition) is 2. The Morgan fingerprint density at radius 1 is 1.31 bits per heavy atom. The second-order valence-corrected chi connectivity index (χ2v) is 7.09. The molecule has 1 atom stereocenters. The first-order valence-electron chi connectivity index (χ1n) is 7.25. The summed E-state index contributed by atoms with van der Waals surface area (Å²) in [5.74, 6) is -1.99. The van der Waals surface area contributed by atoms with Crippen molar-refractivity contribution in [3.05, 3.63) is 33.9 Å². The van der Waals surface area contributed by atoms with Crippen LogP contribution in [0.25, 0.3) is 0 Å². The van der Waals surface area contributed by atoms with Crippen molar-refractivity contribution in [1.29, 1.82) is 0 Å². The number of ether oxygens (including phenoxy) is 1. The molecule has 11 nitrogen and oxygen atoms in total. The smallest absolute Gasteiger partial charge is 0.339 e. The second-order valence-electron chi connectivity index (χ2n) is 5.11. The van der Waals surface area contributed by atoms with Crippen LogP contribution in [0.5, 0.6) is 0 Å². The molecule has 0 saturated heterocycles. The molecule has 0 fully saturated rings. The molecule has 0 radical (unpaired) electrons. The summed E-state index contributed by atoms with van der Waals surface area (Å²) < 4.78 is 27.9. The molecule has 0 aromatic heterocycles. The van der Waals surface area contributed by atoms with Crippen LogP contribution in [0.1, 0.15) is 24.2 Å². The lowest BCUT2D eigenvalue weighted by atomic mass is 10.2. The molecule has 0 aliphatic heterocycles. The Labute approximate surface area is 148 Å². The van der Waals surface area contributed by atoms with E-state index in [1.165, 1.54) is 6.92 Å². The summed E-state index contributed by atoms with van der Waals surface area (Å²) >= 11 is 0. The van der Waals surface area contributed by atoms with Crippen molar-refractivity contribution in [3.8, 4) is 0 Å². The van der Waals surface area contributed by atoms with Gasteiger partial charge in [-0.3, -0.25) is 20.2 Å². The molecule has 0 heterocycles. The number of hydrogen-bond acceptors (Lipinski definition) is 8. The summed E-state index contributed by atoms with van der Waals surface area (Å²) in [6.07, 6.45) is -0.570. The number of nitrogens with zero attached hydrogens (tertiary/aromatic N) is 1. The Morgan fingerprint density at radius 2 is 1.92 bits per heavy atom. The number of esters is 1. The van der Waals surface area contributed by atoms with Gasteiger partial charge in [-0.15, -0.1) is 0 Å². The Bertz CT molecular complexity index is 850. The Morgan fingerprint density at radius 3 is 2.42 bits per heavy atom. The van der Waals surface area contributed by atoms with Gasteiger partial charge in [-0.1, -0.05) is 0 Å². The zero-order valence-electron chi connectivity index (χ0n) is 14.1. The van der Waals surface area contributed by atoms with Gasteiger partial charge in [0.05, 0.1) is 10.5 Å². The summed E-state index contributed by atoms with van der Waals surface area (Å²) in [6, 6.07) is 1.91. The van der Waals surface area contributed by atoms with E-state index in [9.17, 15) is 32.9 Å². The highest BCUT2D eigenvalue weighted by atomic mass is 32.2. The topological polar surface area (TPSA) is 162 Å². The van der Waals surface area contributed by atoms with Crippen LogP contribution in [0.4, 0.5) is 10.5 Å². The molecule has 0 aliphatic carbocycles. The summed E-state index contributed by atoms with van der Waals surface area (Å²) in [6.45, 7) is 3.12. The summed E-state index contributed by atoms with van der Waals surface area (Å²) in [5, 5.41) is 15.3. The summed E-state index contributed by atoms with van der Waals surface area (Å²) in [5.41, 5.74) is -1.11. The first kappa shape index (κ1) is 21.0. The van der Waals surface area contributed by atoms with Crippen molar-refractivity contribution in [2.75, 3.05) is 12.8 Å². The van der Waals surface area contributed by atoms with Gasteiger partial charge in [-0.2, -0.15) is 0 Å². The van der Waals surface area contributed by atoms with Gasteiger partial charge in [0.25, 0.3) is 11.6 Å². The number of carbonyl (C=O) groups excluding carboxylic acids is 3. The molecule has 3 amide bonds. The van der Waals surface area contributed by atoms with Crippen LogP contribution in [0.3, 0.4) is 0 Å².